The summed E-state index contributed by atoms with van der Waals surface area (Å²) in [7, 11) is 0. The molecule has 0 fully saturated rings. The lowest BCUT2D eigenvalue weighted by Gasteiger charge is -2.12. The second-order valence-corrected chi connectivity index (χ2v) is 4.80. The van der Waals surface area contributed by atoms with E-state index in [1.807, 2.05) is 42.9 Å². The Kier molecular flexibility index (Phi) is 3.64. The van der Waals surface area contributed by atoms with E-state index < -0.39 is 6.10 Å². The molecule has 0 bridgehead atoms. The number of hydrogen-bond acceptors (Lipinski definition) is 2. The SMILES string of the molecule is CCn1cc(C(O)c2cccc(C)c2Br)cn1. The molecule has 0 saturated carbocycles. The highest BCUT2D eigenvalue weighted by atomic mass is 79.9. The van der Waals surface area contributed by atoms with Crippen molar-refractivity contribution in [2.24, 2.45) is 0 Å². The van der Waals surface area contributed by atoms with Crippen LogP contribution in [0.15, 0.2) is 35.1 Å². The average Bonchev–Trinajstić information content (AvgIpc) is 2.80. The van der Waals surface area contributed by atoms with Crippen LogP contribution in [-0.4, -0.2) is 14.9 Å². The summed E-state index contributed by atoms with van der Waals surface area (Å²) in [6.07, 6.45) is 2.95. The summed E-state index contributed by atoms with van der Waals surface area (Å²) in [6, 6.07) is 5.88. The molecule has 0 saturated heterocycles. The van der Waals surface area contributed by atoms with Crippen molar-refractivity contribution in [1.82, 2.24) is 9.78 Å². The second kappa shape index (κ2) is 5.02. The van der Waals surface area contributed by atoms with Gasteiger partial charge in [-0.3, -0.25) is 4.68 Å². The van der Waals surface area contributed by atoms with Crippen LogP contribution in [0.4, 0.5) is 0 Å². The summed E-state index contributed by atoms with van der Waals surface area (Å²) >= 11 is 3.51. The fraction of sp³-hybridized carbons (Fsp3) is 0.308. The molecule has 1 unspecified atom stereocenters. The summed E-state index contributed by atoms with van der Waals surface area (Å²) in [5.41, 5.74) is 2.81. The van der Waals surface area contributed by atoms with Crippen LogP contribution in [0.2, 0.25) is 0 Å². The lowest BCUT2D eigenvalue weighted by molar-refractivity contribution is 0.219. The van der Waals surface area contributed by atoms with Crippen LogP contribution in [0.5, 0.6) is 0 Å². The maximum absolute atomic E-state index is 10.3. The first kappa shape index (κ1) is 12.3. The van der Waals surface area contributed by atoms with Crippen molar-refractivity contribution in [1.29, 1.82) is 0 Å². The Morgan fingerprint density at radius 1 is 1.47 bits per heavy atom. The van der Waals surface area contributed by atoms with E-state index in [0.29, 0.717) is 0 Å². The Balaban J connectivity index is 2.36. The molecular formula is C13H15BrN2O. The van der Waals surface area contributed by atoms with E-state index in [9.17, 15) is 5.11 Å². The van der Waals surface area contributed by atoms with Crippen LogP contribution in [0, 0.1) is 6.92 Å². The van der Waals surface area contributed by atoms with Gasteiger partial charge in [-0.05, 0) is 25.0 Å². The summed E-state index contributed by atoms with van der Waals surface area (Å²) in [6.45, 7) is 4.84. The van der Waals surface area contributed by atoms with Gasteiger partial charge in [-0.15, -0.1) is 0 Å². The van der Waals surface area contributed by atoms with Crippen molar-refractivity contribution in [3.05, 3.63) is 51.8 Å². The number of halogens is 1. The maximum atomic E-state index is 10.3. The molecule has 2 rings (SSSR count). The Morgan fingerprint density at radius 2 is 2.24 bits per heavy atom. The third kappa shape index (κ3) is 2.42. The number of rotatable bonds is 3. The molecule has 0 aliphatic rings. The molecule has 1 N–H and O–H groups in total. The van der Waals surface area contributed by atoms with Gasteiger partial charge in [0.05, 0.1) is 6.20 Å². The fourth-order valence-corrected chi connectivity index (χ4v) is 2.24. The third-order valence-electron chi connectivity index (χ3n) is 2.81. The predicted octanol–water partition coefficient (Wildman–Crippen LogP) is 3.06. The van der Waals surface area contributed by atoms with Gasteiger partial charge in [-0.2, -0.15) is 5.10 Å². The van der Waals surface area contributed by atoms with E-state index in [1.165, 1.54) is 0 Å². The van der Waals surface area contributed by atoms with E-state index in [2.05, 4.69) is 21.0 Å². The highest BCUT2D eigenvalue weighted by molar-refractivity contribution is 9.10. The predicted molar refractivity (Wildman–Crippen MR) is 70.8 cm³/mol. The number of aryl methyl sites for hydroxylation is 2. The molecule has 3 nitrogen and oxygen atoms in total. The van der Waals surface area contributed by atoms with Gasteiger partial charge in [-0.1, -0.05) is 34.1 Å². The molecule has 0 aliphatic carbocycles. The number of benzene rings is 1. The van der Waals surface area contributed by atoms with Gasteiger partial charge in [-0.25, -0.2) is 0 Å². The average molecular weight is 295 g/mol. The number of nitrogens with zero attached hydrogens (tertiary/aromatic N) is 2. The molecule has 1 aromatic carbocycles. The molecule has 0 radical (unpaired) electrons. The van der Waals surface area contributed by atoms with E-state index >= 15 is 0 Å². The number of aliphatic hydroxyl groups is 1. The van der Waals surface area contributed by atoms with Gasteiger partial charge >= 0.3 is 0 Å². The lowest BCUT2D eigenvalue weighted by Crippen LogP contribution is -2.00. The van der Waals surface area contributed by atoms with Crippen molar-refractivity contribution >= 4 is 15.9 Å². The zero-order valence-electron chi connectivity index (χ0n) is 9.89. The molecule has 1 atom stereocenters. The van der Waals surface area contributed by atoms with Crippen molar-refractivity contribution in [3.8, 4) is 0 Å². The Bertz CT molecular complexity index is 522. The van der Waals surface area contributed by atoms with Crippen molar-refractivity contribution < 1.29 is 5.11 Å². The quantitative estimate of drug-likeness (QED) is 0.945. The summed E-state index contributed by atoms with van der Waals surface area (Å²) in [4.78, 5) is 0. The van der Waals surface area contributed by atoms with Gasteiger partial charge in [0.1, 0.15) is 6.10 Å². The third-order valence-corrected chi connectivity index (χ3v) is 3.89. The van der Waals surface area contributed by atoms with Crippen molar-refractivity contribution in [2.75, 3.05) is 0 Å². The van der Waals surface area contributed by atoms with Gasteiger partial charge in [0.2, 0.25) is 0 Å². The largest absolute Gasteiger partial charge is 0.383 e. The van der Waals surface area contributed by atoms with Crippen LogP contribution in [0.25, 0.3) is 0 Å². The summed E-state index contributed by atoms with van der Waals surface area (Å²) < 4.78 is 2.76. The first-order valence-corrected chi connectivity index (χ1v) is 6.38. The van der Waals surface area contributed by atoms with E-state index in [-0.39, 0.29) is 0 Å². The molecule has 17 heavy (non-hydrogen) atoms. The van der Waals surface area contributed by atoms with Crippen LogP contribution in [0.3, 0.4) is 0 Å². The molecule has 0 aliphatic heterocycles. The molecule has 4 heteroatoms. The minimum atomic E-state index is -0.635. The van der Waals surface area contributed by atoms with Crippen molar-refractivity contribution in [3.63, 3.8) is 0 Å². The van der Waals surface area contributed by atoms with E-state index in [1.54, 1.807) is 6.20 Å². The van der Waals surface area contributed by atoms with Gasteiger partial charge in [0.15, 0.2) is 0 Å². The monoisotopic (exact) mass is 294 g/mol. The topological polar surface area (TPSA) is 38.0 Å². The highest BCUT2D eigenvalue weighted by Crippen LogP contribution is 2.30. The molecule has 0 spiro atoms. The van der Waals surface area contributed by atoms with Gasteiger partial charge in [0.25, 0.3) is 0 Å². The Labute approximate surface area is 109 Å². The zero-order valence-corrected chi connectivity index (χ0v) is 11.5. The summed E-state index contributed by atoms with van der Waals surface area (Å²) in [5.74, 6) is 0. The zero-order chi connectivity index (χ0) is 12.4. The first-order chi connectivity index (χ1) is 8.13. The standard InChI is InChI=1S/C13H15BrN2O/c1-3-16-8-10(7-15-16)13(17)11-6-4-5-9(2)12(11)14/h4-8,13,17H,3H2,1-2H3. The molecular weight excluding hydrogens is 280 g/mol. The second-order valence-electron chi connectivity index (χ2n) is 4.01. The molecule has 2 aromatic rings. The first-order valence-electron chi connectivity index (χ1n) is 5.59. The molecule has 1 aromatic heterocycles. The Morgan fingerprint density at radius 3 is 2.88 bits per heavy atom. The summed E-state index contributed by atoms with van der Waals surface area (Å²) in [5, 5.41) is 14.5. The lowest BCUT2D eigenvalue weighted by atomic mass is 10.0. The minimum Gasteiger partial charge on any atom is -0.383 e. The van der Waals surface area contributed by atoms with Crippen LogP contribution >= 0.6 is 15.9 Å². The smallest absolute Gasteiger partial charge is 0.108 e. The molecule has 90 valence electrons. The minimum absolute atomic E-state index is 0.635. The van der Waals surface area contributed by atoms with E-state index in [4.69, 9.17) is 0 Å². The van der Waals surface area contributed by atoms with Crippen LogP contribution in [-0.2, 0) is 6.54 Å². The fourth-order valence-electron chi connectivity index (χ4n) is 1.75. The number of aromatic nitrogens is 2. The highest BCUT2D eigenvalue weighted by Gasteiger charge is 2.16. The molecule has 1 heterocycles. The number of aliphatic hydroxyl groups excluding tert-OH is 1. The van der Waals surface area contributed by atoms with Gasteiger partial charge in [0, 0.05) is 22.8 Å². The Hall–Kier alpha value is -1.13. The number of hydrogen-bond donors (Lipinski definition) is 1. The van der Waals surface area contributed by atoms with Crippen molar-refractivity contribution in [2.45, 2.75) is 26.5 Å². The maximum Gasteiger partial charge on any atom is 0.108 e. The van der Waals surface area contributed by atoms with Crippen LogP contribution < -0.4 is 0 Å². The molecule has 0 amide bonds. The van der Waals surface area contributed by atoms with E-state index in [0.717, 1.165) is 27.7 Å². The van der Waals surface area contributed by atoms with Crippen LogP contribution in [0.1, 0.15) is 29.7 Å². The normalized spacial score (nSPS) is 12.7. The van der Waals surface area contributed by atoms with Gasteiger partial charge < -0.3 is 5.11 Å².